The van der Waals surface area contributed by atoms with Crippen molar-refractivity contribution < 1.29 is 0 Å². The second kappa shape index (κ2) is 3.99. The van der Waals surface area contributed by atoms with Gasteiger partial charge in [0.15, 0.2) is 5.69 Å². The predicted octanol–water partition coefficient (Wildman–Crippen LogP) is 3.63. The zero-order valence-corrected chi connectivity index (χ0v) is 7.49. The van der Waals surface area contributed by atoms with Crippen molar-refractivity contribution in [2.24, 2.45) is 4.99 Å². The largest absolute Gasteiger partial charge is 0.238 e. The fourth-order valence-corrected chi connectivity index (χ4v) is 1.02. The molecule has 0 amide bonds. The van der Waals surface area contributed by atoms with E-state index in [4.69, 9.17) is 18.2 Å². The minimum Gasteiger partial charge on any atom is -0.238 e. The topological polar surface area (TPSA) is 16.7 Å². The summed E-state index contributed by atoms with van der Waals surface area (Å²) in [7, 11) is 0. The quantitative estimate of drug-likeness (QED) is 0.379. The maximum absolute atomic E-state index is 6.71. The Bertz CT molecular complexity index is 389. The number of rotatable bonds is 1. The van der Waals surface area contributed by atoms with Crippen LogP contribution in [-0.4, -0.2) is 5.16 Å². The van der Waals surface area contributed by atoms with Crippen LogP contribution in [0, 0.1) is 6.57 Å². The van der Waals surface area contributed by atoms with Gasteiger partial charge in [-0.3, -0.25) is 0 Å². The Balaban J connectivity index is 3.22. The minimum atomic E-state index is 0.417. The molecule has 0 fully saturated rings. The molecule has 1 aromatic carbocycles. The summed E-state index contributed by atoms with van der Waals surface area (Å²) in [5.74, 6) is 0. The molecule has 0 aromatic heterocycles. The van der Waals surface area contributed by atoms with Crippen molar-refractivity contribution in [3.8, 4) is 0 Å². The Morgan fingerprint density at radius 2 is 2.33 bits per heavy atom. The molecular weight excluding hydrogens is 192 g/mol. The molecule has 0 spiro atoms. The molecule has 0 heterocycles. The summed E-state index contributed by atoms with van der Waals surface area (Å²) in [6.07, 6.45) is 0. The van der Waals surface area contributed by atoms with Gasteiger partial charge < -0.3 is 0 Å². The van der Waals surface area contributed by atoms with Crippen LogP contribution < -0.4 is 0 Å². The fraction of sp³-hybridized carbons (Fsp3) is 0. The Hall–Kier alpha value is -1.20. The molecule has 0 N–H and O–H groups in total. The van der Waals surface area contributed by atoms with E-state index in [1.54, 1.807) is 18.2 Å². The SMILES string of the molecule is [C-]#[N+]c1ccc(N=C=S)c(Cl)c1. The molecule has 0 aliphatic rings. The molecule has 0 aliphatic heterocycles. The number of benzene rings is 1. The zero-order valence-electron chi connectivity index (χ0n) is 5.91. The summed E-state index contributed by atoms with van der Waals surface area (Å²) in [5.41, 5.74) is 1.03. The number of isothiocyanates is 1. The van der Waals surface area contributed by atoms with E-state index in [1.165, 1.54) is 0 Å². The van der Waals surface area contributed by atoms with Crippen molar-refractivity contribution in [1.29, 1.82) is 0 Å². The fourth-order valence-electron chi connectivity index (χ4n) is 0.705. The van der Waals surface area contributed by atoms with Gasteiger partial charge >= 0.3 is 0 Å². The number of halogens is 1. The van der Waals surface area contributed by atoms with Gasteiger partial charge in [-0.05, 0) is 24.4 Å². The number of nitrogens with zero attached hydrogens (tertiary/aromatic N) is 2. The van der Waals surface area contributed by atoms with Crippen molar-refractivity contribution in [2.75, 3.05) is 0 Å². The first-order valence-corrected chi connectivity index (χ1v) is 3.81. The van der Waals surface area contributed by atoms with E-state index in [1.807, 2.05) is 0 Å². The highest BCUT2D eigenvalue weighted by Gasteiger charge is 1.98. The predicted molar refractivity (Wildman–Crippen MR) is 52.4 cm³/mol. The van der Waals surface area contributed by atoms with Gasteiger partial charge in [-0.2, -0.15) is 4.99 Å². The van der Waals surface area contributed by atoms with Crippen molar-refractivity contribution >= 4 is 40.4 Å². The van der Waals surface area contributed by atoms with Gasteiger partial charge in [-0.25, -0.2) is 4.85 Å². The maximum Gasteiger partial charge on any atom is 0.188 e. The number of aliphatic imine (C=N–C) groups is 1. The summed E-state index contributed by atoms with van der Waals surface area (Å²) < 4.78 is 0. The van der Waals surface area contributed by atoms with Crippen LogP contribution in [0.4, 0.5) is 11.4 Å². The summed E-state index contributed by atoms with van der Waals surface area (Å²) in [6.45, 7) is 6.71. The lowest BCUT2D eigenvalue weighted by Crippen LogP contribution is -1.66. The van der Waals surface area contributed by atoms with E-state index in [0.29, 0.717) is 16.4 Å². The summed E-state index contributed by atoms with van der Waals surface area (Å²) in [4.78, 5) is 6.92. The van der Waals surface area contributed by atoms with E-state index in [9.17, 15) is 0 Å². The van der Waals surface area contributed by atoms with Crippen LogP contribution in [0.3, 0.4) is 0 Å². The van der Waals surface area contributed by atoms with Gasteiger partial charge in [-0.1, -0.05) is 17.7 Å². The van der Waals surface area contributed by atoms with Gasteiger partial charge in [0.2, 0.25) is 0 Å². The highest BCUT2D eigenvalue weighted by atomic mass is 35.5. The number of hydrogen-bond donors (Lipinski definition) is 0. The second-order valence-electron chi connectivity index (χ2n) is 1.95. The Morgan fingerprint density at radius 1 is 1.58 bits per heavy atom. The zero-order chi connectivity index (χ0) is 8.97. The third-order valence-electron chi connectivity index (χ3n) is 1.23. The molecule has 0 unspecified atom stereocenters. The third-order valence-corrected chi connectivity index (χ3v) is 1.62. The van der Waals surface area contributed by atoms with Crippen LogP contribution in [0.2, 0.25) is 5.02 Å². The number of hydrogen-bond acceptors (Lipinski definition) is 2. The second-order valence-corrected chi connectivity index (χ2v) is 2.54. The van der Waals surface area contributed by atoms with Crippen LogP contribution in [0.15, 0.2) is 23.2 Å². The molecule has 0 saturated heterocycles. The van der Waals surface area contributed by atoms with Crippen LogP contribution in [0.5, 0.6) is 0 Å². The molecule has 1 rings (SSSR count). The molecule has 58 valence electrons. The molecule has 4 heteroatoms. The molecule has 0 aliphatic carbocycles. The van der Waals surface area contributed by atoms with Gasteiger partial charge in [0.25, 0.3) is 0 Å². The Kier molecular flexibility index (Phi) is 2.95. The average Bonchev–Trinajstić information content (AvgIpc) is 2.09. The normalized spacial score (nSPS) is 8.33. The molecular formula is C8H3ClN2S. The standard InChI is InChI=1S/C8H3ClN2S/c1-10-6-2-3-8(11-5-12)7(9)4-6/h2-4H. The summed E-state index contributed by atoms with van der Waals surface area (Å²) >= 11 is 10.2. The molecule has 1 aromatic rings. The lowest BCUT2D eigenvalue weighted by molar-refractivity contribution is 1.56. The average molecular weight is 195 g/mol. The first kappa shape index (κ1) is 8.89. The molecule has 0 radical (unpaired) electrons. The van der Waals surface area contributed by atoms with Gasteiger partial charge in [0, 0.05) is 0 Å². The van der Waals surface area contributed by atoms with Crippen molar-refractivity contribution in [3.05, 3.63) is 34.6 Å². The van der Waals surface area contributed by atoms with Crippen LogP contribution in [0.25, 0.3) is 4.85 Å². The van der Waals surface area contributed by atoms with Crippen molar-refractivity contribution in [2.45, 2.75) is 0 Å². The third kappa shape index (κ3) is 1.90. The highest BCUT2D eigenvalue weighted by molar-refractivity contribution is 7.78. The summed E-state index contributed by atoms with van der Waals surface area (Å²) in [6, 6.07) is 4.81. The Morgan fingerprint density at radius 3 is 2.83 bits per heavy atom. The van der Waals surface area contributed by atoms with Gasteiger partial charge in [-0.15, -0.1) is 0 Å². The van der Waals surface area contributed by atoms with Crippen LogP contribution >= 0.6 is 23.8 Å². The first-order valence-electron chi connectivity index (χ1n) is 3.03. The maximum atomic E-state index is 6.71. The lowest BCUT2D eigenvalue weighted by Gasteiger charge is -1.94. The van der Waals surface area contributed by atoms with E-state index >= 15 is 0 Å². The first-order chi connectivity index (χ1) is 5.77. The molecule has 0 atom stereocenters. The van der Waals surface area contributed by atoms with E-state index in [0.717, 1.165) is 0 Å². The smallest absolute Gasteiger partial charge is 0.188 e. The van der Waals surface area contributed by atoms with E-state index < -0.39 is 0 Å². The molecule has 2 nitrogen and oxygen atoms in total. The van der Waals surface area contributed by atoms with Crippen molar-refractivity contribution in [1.82, 2.24) is 0 Å². The van der Waals surface area contributed by atoms with Gasteiger partial charge in [0.1, 0.15) is 0 Å². The van der Waals surface area contributed by atoms with E-state index in [-0.39, 0.29) is 0 Å². The van der Waals surface area contributed by atoms with Crippen LogP contribution in [-0.2, 0) is 0 Å². The molecule has 0 saturated carbocycles. The minimum absolute atomic E-state index is 0.417. The number of thiocarbonyl (C=S) groups is 1. The van der Waals surface area contributed by atoms with Crippen LogP contribution in [0.1, 0.15) is 0 Å². The lowest BCUT2D eigenvalue weighted by atomic mass is 10.3. The van der Waals surface area contributed by atoms with E-state index in [2.05, 4.69) is 27.2 Å². The molecule has 0 bridgehead atoms. The van der Waals surface area contributed by atoms with Crippen molar-refractivity contribution in [3.63, 3.8) is 0 Å². The van der Waals surface area contributed by atoms with Gasteiger partial charge in [0.05, 0.1) is 22.4 Å². The monoisotopic (exact) mass is 194 g/mol. The summed E-state index contributed by atoms with van der Waals surface area (Å²) in [5, 5.41) is 2.63. The highest BCUT2D eigenvalue weighted by Crippen LogP contribution is 2.28. The molecule has 12 heavy (non-hydrogen) atoms. The Labute approximate surface area is 80.3 Å².